The fourth-order valence-electron chi connectivity index (χ4n) is 3.92. The molecule has 1 aliphatic carbocycles. The highest BCUT2D eigenvalue weighted by atomic mass is 16.3. The van der Waals surface area contributed by atoms with Gasteiger partial charge in [0.05, 0.1) is 0 Å². The van der Waals surface area contributed by atoms with E-state index in [0.29, 0.717) is 11.1 Å². The Labute approximate surface area is 155 Å². The predicted molar refractivity (Wildman–Crippen MR) is 104 cm³/mol. The van der Waals surface area contributed by atoms with Crippen molar-refractivity contribution in [3.05, 3.63) is 70.8 Å². The van der Waals surface area contributed by atoms with Crippen molar-refractivity contribution in [2.24, 2.45) is 11.8 Å². The second-order valence-corrected chi connectivity index (χ2v) is 7.34. The second kappa shape index (κ2) is 6.65. The molecule has 2 nitrogen and oxygen atoms in total. The Bertz CT molecular complexity index is 791. The Morgan fingerprint density at radius 3 is 1.27 bits per heavy atom. The SMILES string of the molecule is C#C[C@@](O)(c1ccc(C)cc1)[C@@H]1CC[C@H]1[C@](O)(C#C)c1ccc(C)cc1. The molecule has 0 radical (unpaired) electrons. The minimum Gasteiger partial charge on any atom is -0.373 e. The van der Waals surface area contributed by atoms with Crippen molar-refractivity contribution >= 4 is 0 Å². The number of benzene rings is 2. The van der Waals surface area contributed by atoms with Gasteiger partial charge in [-0.25, -0.2) is 0 Å². The summed E-state index contributed by atoms with van der Waals surface area (Å²) < 4.78 is 0. The molecule has 0 heterocycles. The lowest BCUT2D eigenvalue weighted by atomic mass is 9.56. The molecule has 0 aromatic heterocycles. The second-order valence-electron chi connectivity index (χ2n) is 7.34. The van der Waals surface area contributed by atoms with E-state index in [-0.39, 0.29) is 11.8 Å². The van der Waals surface area contributed by atoms with E-state index in [1.165, 1.54) is 0 Å². The van der Waals surface area contributed by atoms with Crippen molar-refractivity contribution < 1.29 is 10.2 Å². The molecule has 0 spiro atoms. The van der Waals surface area contributed by atoms with Gasteiger partial charge in [0.25, 0.3) is 0 Å². The summed E-state index contributed by atoms with van der Waals surface area (Å²) in [5.74, 6) is 4.54. The number of aliphatic hydroxyl groups is 2. The third kappa shape index (κ3) is 2.82. The number of hydrogen-bond donors (Lipinski definition) is 2. The summed E-state index contributed by atoms with van der Waals surface area (Å²) in [5, 5.41) is 22.6. The first-order valence-electron chi connectivity index (χ1n) is 8.89. The van der Waals surface area contributed by atoms with Gasteiger partial charge in [-0.3, -0.25) is 0 Å². The molecule has 0 unspecified atom stereocenters. The lowest BCUT2D eigenvalue weighted by Crippen LogP contribution is -2.52. The maximum Gasteiger partial charge on any atom is 0.153 e. The Morgan fingerprint density at radius 1 is 0.731 bits per heavy atom. The summed E-state index contributed by atoms with van der Waals surface area (Å²) >= 11 is 0. The highest BCUT2D eigenvalue weighted by molar-refractivity contribution is 5.39. The van der Waals surface area contributed by atoms with Gasteiger partial charge in [-0.05, 0) is 37.8 Å². The van der Waals surface area contributed by atoms with Crippen molar-refractivity contribution in [2.45, 2.75) is 37.9 Å². The molecule has 2 heteroatoms. The van der Waals surface area contributed by atoms with E-state index in [2.05, 4.69) is 11.8 Å². The summed E-state index contributed by atoms with van der Waals surface area (Å²) in [6, 6.07) is 15.1. The number of aryl methyl sites for hydroxylation is 2. The Balaban J connectivity index is 1.99. The maximum atomic E-state index is 11.3. The molecule has 1 fully saturated rings. The molecule has 0 bridgehead atoms. The first kappa shape index (κ1) is 18.3. The number of terminal acetylenes is 2. The molecule has 0 aliphatic heterocycles. The highest BCUT2D eigenvalue weighted by Gasteiger charge is 2.55. The van der Waals surface area contributed by atoms with Gasteiger partial charge in [-0.15, -0.1) is 12.8 Å². The van der Waals surface area contributed by atoms with Crippen LogP contribution in [0.5, 0.6) is 0 Å². The molecule has 2 N–H and O–H groups in total. The molecule has 0 saturated heterocycles. The maximum absolute atomic E-state index is 11.3. The van der Waals surface area contributed by atoms with Crippen LogP contribution in [-0.4, -0.2) is 10.2 Å². The molecule has 1 saturated carbocycles. The average molecular weight is 344 g/mol. The molecular formula is C24H24O2. The van der Waals surface area contributed by atoms with Crippen LogP contribution in [0.25, 0.3) is 0 Å². The molecule has 2 aromatic rings. The standard InChI is InChI=1S/C24H24O2/c1-5-23(25,19-11-7-17(3)8-12-19)21-15-16-22(21)24(26,6-2)20-13-9-18(4)10-14-20/h1-2,7-14,21-22,25-26H,15-16H2,3-4H3/t21-,22-,23-,24+/m1/s1. The zero-order valence-corrected chi connectivity index (χ0v) is 15.2. The fourth-order valence-corrected chi connectivity index (χ4v) is 3.92. The van der Waals surface area contributed by atoms with Gasteiger partial charge in [0, 0.05) is 11.8 Å². The molecular weight excluding hydrogens is 320 g/mol. The van der Waals surface area contributed by atoms with Gasteiger partial charge < -0.3 is 10.2 Å². The van der Waals surface area contributed by atoms with Crippen LogP contribution in [0.1, 0.15) is 35.1 Å². The van der Waals surface area contributed by atoms with Crippen molar-refractivity contribution in [1.29, 1.82) is 0 Å². The van der Waals surface area contributed by atoms with E-state index in [4.69, 9.17) is 12.8 Å². The monoisotopic (exact) mass is 344 g/mol. The molecule has 4 atom stereocenters. The quantitative estimate of drug-likeness (QED) is 0.831. The van der Waals surface area contributed by atoms with Gasteiger partial charge in [-0.2, -0.15) is 0 Å². The largest absolute Gasteiger partial charge is 0.373 e. The summed E-state index contributed by atoms with van der Waals surface area (Å²) in [5.41, 5.74) is 0.626. The van der Waals surface area contributed by atoms with E-state index in [1.807, 2.05) is 62.4 Å². The molecule has 26 heavy (non-hydrogen) atoms. The van der Waals surface area contributed by atoms with Crippen molar-refractivity contribution in [1.82, 2.24) is 0 Å². The molecule has 1 aliphatic rings. The summed E-state index contributed by atoms with van der Waals surface area (Å²) in [4.78, 5) is 0. The average Bonchev–Trinajstić information content (AvgIpc) is 2.61. The lowest BCUT2D eigenvalue weighted by molar-refractivity contribution is -0.118. The van der Waals surface area contributed by atoms with Gasteiger partial charge >= 0.3 is 0 Å². The van der Waals surface area contributed by atoms with E-state index < -0.39 is 11.2 Å². The number of hydrogen-bond acceptors (Lipinski definition) is 2. The normalized spacial score (nSPS) is 23.6. The third-order valence-electron chi connectivity index (χ3n) is 5.77. The van der Waals surface area contributed by atoms with E-state index in [1.54, 1.807) is 0 Å². The first-order valence-corrected chi connectivity index (χ1v) is 8.89. The van der Waals surface area contributed by atoms with Crippen LogP contribution < -0.4 is 0 Å². The van der Waals surface area contributed by atoms with Crippen molar-refractivity contribution in [3.8, 4) is 24.7 Å². The predicted octanol–water partition coefficient (Wildman–Crippen LogP) is 3.67. The topological polar surface area (TPSA) is 40.5 Å². The molecule has 132 valence electrons. The molecule has 3 rings (SSSR count). The Morgan fingerprint density at radius 2 is 1.04 bits per heavy atom. The van der Waals surface area contributed by atoms with E-state index in [0.717, 1.165) is 24.0 Å². The van der Waals surface area contributed by atoms with Crippen LogP contribution in [0, 0.1) is 50.4 Å². The zero-order chi connectivity index (χ0) is 18.9. The van der Waals surface area contributed by atoms with Gasteiger partial charge in [-0.1, -0.05) is 71.5 Å². The van der Waals surface area contributed by atoms with Crippen LogP contribution >= 0.6 is 0 Å². The smallest absolute Gasteiger partial charge is 0.153 e. The fraction of sp³-hybridized carbons (Fsp3) is 0.333. The lowest BCUT2D eigenvalue weighted by Gasteiger charge is -2.50. The van der Waals surface area contributed by atoms with Crippen molar-refractivity contribution in [2.75, 3.05) is 0 Å². The van der Waals surface area contributed by atoms with Gasteiger partial charge in [0.2, 0.25) is 0 Å². The van der Waals surface area contributed by atoms with E-state index >= 15 is 0 Å². The minimum absolute atomic E-state index is 0.308. The van der Waals surface area contributed by atoms with Gasteiger partial charge in [0.1, 0.15) is 0 Å². The molecule has 2 aromatic carbocycles. The van der Waals surface area contributed by atoms with Crippen LogP contribution in [0.3, 0.4) is 0 Å². The Kier molecular flexibility index (Phi) is 4.68. The summed E-state index contributed by atoms with van der Waals surface area (Å²) in [6.07, 6.45) is 13.0. The molecule has 0 amide bonds. The van der Waals surface area contributed by atoms with Crippen LogP contribution in [0.15, 0.2) is 48.5 Å². The highest BCUT2D eigenvalue weighted by Crippen LogP contribution is 2.53. The van der Waals surface area contributed by atoms with Crippen LogP contribution in [0.2, 0.25) is 0 Å². The van der Waals surface area contributed by atoms with E-state index in [9.17, 15) is 10.2 Å². The third-order valence-corrected chi connectivity index (χ3v) is 5.77. The first-order chi connectivity index (χ1) is 12.3. The van der Waals surface area contributed by atoms with Crippen molar-refractivity contribution in [3.63, 3.8) is 0 Å². The summed E-state index contributed by atoms with van der Waals surface area (Å²) in [7, 11) is 0. The van der Waals surface area contributed by atoms with Gasteiger partial charge in [0.15, 0.2) is 11.2 Å². The van der Waals surface area contributed by atoms with Crippen LogP contribution in [-0.2, 0) is 11.2 Å². The number of rotatable bonds is 4. The minimum atomic E-state index is -1.45. The Hall–Kier alpha value is -2.52. The van der Waals surface area contributed by atoms with Crippen LogP contribution in [0.4, 0.5) is 0 Å². The summed E-state index contributed by atoms with van der Waals surface area (Å²) in [6.45, 7) is 3.97. The zero-order valence-electron chi connectivity index (χ0n) is 15.2.